The Hall–Kier alpha value is -2.38. The first-order valence-corrected chi connectivity index (χ1v) is 11.4. The van der Waals surface area contributed by atoms with Crippen molar-refractivity contribution in [3.63, 3.8) is 0 Å². The van der Waals surface area contributed by atoms with Crippen molar-refractivity contribution < 1.29 is 4.74 Å². The minimum Gasteiger partial charge on any atom is -0.385 e. The minimum atomic E-state index is 0.461. The summed E-state index contributed by atoms with van der Waals surface area (Å²) in [5.41, 5.74) is 2.21. The number of benzene rings is 1. The fourth-order valence-corrected chi connectivity index (χ4v) is 4.00. The lowest BCUT2D eigenvalue weighted by molar-refractivity contribution is 0.155. The third-order valence-electron chi connectivity index (χ3n) is 5.75. The zero-order chi connectivity index (χ0) is 22.1. The average Bonchev–Trinajstić information content (AvgIpc) is 2.78. The van der Waals surface area contributed by atoms with Crippen LogP contribution in [0.2, 0.25) is 0 Å². The summed E-state index contributed by atoms with van der Waals surface area (Å²) >= 11 is 0. The highest BCUT2D eigenvalue weighted by Gasteiger charge is 2.19. The van der Waals surface area contributed by atoms with E-state index in [-0.39, 0.29) is 0 Å². The van der Waals surface area contributed by atoms with Crippen LogP contribution in [0.5, 0.6) is 0 Å². The molecule has 3 rings (SSSR count). The van der Waals surface area contributed by atoms with Gasteiger partial charge in [0, 0.05) is 65.4 Å². The predicted molar refractivity (Wildman–Crippen MR) is 130 cm³/mol. The molecule has 1 aromatic heterocycles. The Balaban J connectivity index is 1.65. The Kier molecular flexibility index (Phi) is 8.91. The van der Waals surface area contributed by atoms with Crippen molar-refractivity contribution in [2.45, 2.75) is 38.8 Å². The van der Waals surface area contributed by atoms with Crippen LogP contribution in [0.25, 0.3) is 10.9 Å². The van der Waals surface area contributed by atoms with E-state index in [0.29, 0.717) is 12.6 Å². The van der Waals surface area contributed by atoms with Gasteiger partial charge in [-0.05, 0) is 43.9 Å². The van der Waals surface area contributed by atoms with E-state index in [2.05, 4.69) is 46.7 Å². The number of fused-ring (bicyclic) bond motifs is 1. The van der Waals surface area contributed by atoms with Crippen molar-refractivity contribution >= 4 is 22.7 Å². The average molecular weight is 427 g/mol. The molecular formula is C24H38N6O. The van der Waals surface area contributed by atoms with Crippen LogP contribution in [0, 0.1) is 0 Å². The number of guanidine groups is 1. The summed E-state index contributed by atoms with van der Waals surface area (Å²) in [5, 5.41) is 8.25. The highest BCUT2D eigenvalue weighted by atomic mass is 16.5. The number of nitrogens with one attached hydrogen (secondary N) is 2. The van der Waals surface area contributed by atoms with Gasteiger partial charge in [-0.25, -0.2) is 9.98 Å². The van der Waals surface area contributed by atoms with Gasteiger partial charge in [-0.2, -0.15) is 0 Å². The number of aliphatic imine (C=N–C) groups is 1. The van der Waals surface area contributed by atoms with Gasteiger partial charge in [0.05, 0.1) is 12.1 Å². The van der Waals surface area contributed by atoms with Crippen LogP contribution in [0.15, 0.2) is 35.3 Å². The number of piperidine rings is 1. The van der Waals surface area contributed by atoms with Crippen molar-refractivity contribution in [1.82, 2.24) is 20.5 Å². The first kappa shape index (κ1) is 23.3. The van der Waals surface area contributed by atoms with Gasteiger partial charge in [0.2, 0.25) is 0 Å². The van der Waals surface area contributed by atoms with E-state index in [9.17, 15) is 0 Å². The zero-order valence-corrected chi connectivity index (χ0v) is 19.5. The molecule has 1 aliphatic heterocycles. The SMILES string of the molecule is CCNC(=NCc1cc(N(C)C)nc2ccccc12)NC1CCN(CCCOC)CC1. The Morgan fingerprint density at radius 2 is 2.03 bits per heavy atom. The summed E-state index contributed by atoms with van der Waals surface area (Å²) in [4.78, 5) is 14.3. The predicted octanol–water partition coefficient (Wildman–Crippen LogP) is 2.86. The molecule has 2 heterocycles. The molecule has 0 spiro atoms. The highest BCUT2D eigenvalue weighted by molar-refractivity contribution is 5.85. The van der Waals surface area contributed by atoms with Gasteiger partial charge in [0.25, 0.3) is 0 Å². The van der Waals surface area contributed by atoms with Gasteiger partial charge in [0.15, 0.2) is 5.96 Å². The molecule has 0 saturated carbocycles. The molecule has 2 N–H and O–H groups in total. The number of methoxy groups -OCH3 is 1. The van der Waals surface area contributed by atoms with E-state index < -0.39 is 0 Å². The fourth-order valence-electron chi connectivity index (χ4n) is 4.00. The number of aromatic nitrogens is 1. The quantitative estimate of drug-likeness (QED) is 0.365. The molecule has 0 radical (unpaired) electrons. The summed E-state index contributed by atoms with van der Waals surface area (Å²) in [7, 11) is 5.82. The van der Waals surface area contributed by atoms with E-state index in [4.69, 9.17) is 14.7 Å². The summed E-state index contributed by atoms with van der Waals surface area (Å²) in [5.74, 6) is 1.86. The van der Waals surface area contributed by atoms with Crippen molar-refractivity contribution in [1.29, 1.82) is 0 Å². The molecule has 7 nitrogen and oxygen atoms in total. The normalized spacial score (nSPS) is 15.9. The lowest BCUT2D eigenvalue weighted by Crippen LogP contribution is -2.48. The van der Waals surface area contributed by atoms with Crippen LogP contribution < -0.4 is 15.5 Å². The second-order valence-electron chi connectivity index (χ2n) is 8.35. The molecule has 1 fully saturated rings. The maximum atomic E-state index is 5.17. The second-order valence-corrected chi connectivity index (χ2v) is 8.35. The number of anilines is 1. The molecule has 1 aliphatic rings. The molecule has 7 heteroatoms. The number of ether oxygens (including phenoxy) is 1. The van der Waals surface area contributed by atoms with E-state index in [1.165, 1.54) is 5.56 Å². The standard InChI is InChI=1S/C24H38N6O/c1-5-25-24(27-20-11-14-30(15-12-20)13-8-16-31-4)26-18-19-17-23(29(2)3)28-22-10-7-6-9-21(19)22/h6-7,9-10,17,20H,5,8,11-16,18H2,1-4H3,(H2,25,26,27). The smallest absolute Gasteiger partial charge is 0.191 e. The molecule has 170 valence electrons. The van der Waals surface area contributed by atoms with Gasteiger partial charge in [-0.3, -0.25) is 0 Å². The summed E-state index contributed by atoms with van der Waals surface area (Å²) in [6.07, 6.45) is 3.38. The first-order valence-electron chi connectivity index (χ1n) is 11.4. The summed E-state index contributed by atoms with van der Waals surface area (Å²) < 4.78 is 5.17. The zero-order valence-electron chi connectivity index (χ0n) is 19.5. The van der Waals surface area contributed by atoms with Gasteiger partial charge in [0.1, 0.15) is 5.82 Å². The Morgan fingerprint density at radius 1 is 1.26 bits per heavy atom. The molecule has 0 bridgehead atoms. The van der Waals surface area contributed by atoms with Crippen LogP contribution in [0.4, 0.5) is 5.82 Å². The number of para-hydroxylation sites is 1. The highest BCUT2D eigenvalue weighted by Crippen LogP contribution is 2.22. The molecule has 0 unspecified atom stereocenters. The monoisotopic (exact) mass is 426 g/mol. The van der Waals surface area contributed by atoms with Gasteiger partial charge < -0.3 is 25.2 Å². The van der Waals surface area contributed by atoms with Crippen molar-refractivity contribution in [3.8, 4) is 0 Å². The van der Waals surface area contributed by atoms with Crippen LogP contribution in [-0.2, 0) is 11.3 Å². The van der Waals surface area contributed by atoms with E-state index in [1.807, 2.05) is 25.1 Å². The number of pyridine rings is 1. The summed E-state index contributed by atoms with van der Waals surface area (Å²) in [6.45, 7) is 7.80. The van der Waals surface area contributed by atoms with Gasteiger partial charge in [-0.15, -0.1) is 0 Å². The lowest BCUT2D eigenvalue weighted by atomic mass is 10.1. The van der Waals surface area contributed by atoms with Crippen LogP contribution in [0.1, 0.15) is 31.7 Å². The Bertz CT molecular complexity index is 845. The maximum absolute atomic E-state index is 5.17. The Morgan fingerprint density at radius 3 is 2.74 bits per heavy atom. The lowest BCUT2D eigenvalue weighted by Gasteiger charge is -2.33. The van der Waals surface area contributed by atoms with E-state index in [0.717, 1.165) is 74.7 Å². The third-order valence-corrected chi connectivity index (χ3v) is 5.75. The van der Waals surface area contributed by atoms with E-state index in [1.54, 1.807) is 7.11 Å². The van der Waals surface area contributed by atoms with Crippen molar-refractivity contribution in [2.24, 2.45) is 4.99 Å². The molecular weight excluding hydrogens is 388 g/mol. The van der Waals surface area contributed by atoms with Crippen molar-refractivity contribution in [2.75, 3.05) is 58.9 Å². The topological polar surface area (TPSA) is 65.0 Å². The molecule has 1 aromatic carbocycles. The number of hydrogen-bond acceptors (Lipinski definition) is 5. The first-order chi connectivity index (χ1) is 15.1. The molecule has 1 saturated heterocycles. The Labute approximate surface area is 186 Å². The fraction of sp³-hybridized carbons (Fsp3) is 0.583. The third kappa shape index (κ3) is 6.80. The number of nitrogens with zero attached hydrogens (tertiary/aromatic N) is 4. The van der Waals surface area contributed by atoms with Crippen molar-refractivity contribution in [3.05, 3.63) is 35.9 Å². The van der Waals surface area contributed by atoms with E-state index >= 15 is 0 Å². The molecule has 31 heavy (non-hydrogen) atoms. The van der Waals surface area contributed by atoms with Crippen LogP contribution in [0.3, 0.4) is 0 Å². The van der Waals surface area contributed by atoms with Crippen LogP contribution >= 0.6 is 0 Å². The molecule has 0 aliphatic carbocycles. The maximum Gasteiger partial charge on any atom is 0.191 e. The van der Waals surface area contributed by atoms with Gasteiger partial charge in [-0.1, -0.05) is 18.2 Å². The van der Waals surface area contributed by atoms with Gasteiger partial charge >= 0.3 is 0 Å². The number of hydrogen-bond donors (Lipinski definition) is 2. The number of likely N-dealkylation sites (tertiary alicyclic amines) is 1. The second kappa shape index (κ2) is 11.9. The number of rotatable bonds is 9. The summed E-state index contributed by atoms with van der Waals surface area (Å²) in [6, 6.07) is 10.9. The van der Waals surface area contributed by atoms with Crippen LogP contribution in [-0.4, -0.2) is 75.9 Å². The molecule has 2 aromatic rings. The largest absolute Gasteiger partial charge is 0.385 e. The molecule has 0 amide bonds. The minimum absolute atomic E-state index is 0.461. The molecule has 0 atom stereocenters.